The van der Waals surface area contributed by atoms with Gasteiger partial charge in [-0.1, -0.05) is 157 Å². The van der Waals surface area contributed by atoms with Crippen LogP contribution in [0.2, 0.25) is 0 Å². The van der Waals surface area contributed by atoms with Gasteiger partial charge in [-0.2, -0.15) is 0 Å². The van der Waals surface area contributed by atoms with Crippen molar-refractivity contribution in [2.75, 3.05) is 0 Å². The van der Waals surface area contributed by atoms with Gasteiger partial charge in [-0.25, -0.2) is 0 Å². The lowest BCUT2D eigenvalue weighted by Gasteiger charge is -2.36. The Bertz CT molecular complexity index is 926. The van der Waals surface area contributed by atoms with E-state index in [0.717, 1.165) is 18.6 Å². The fourth-order valence-corrected chi connectivity index (χ4v) is 5.50. The molecule has 0 aromatic heterocycles. The van der Waals surface area contributed by atoms with E-state index >= 15 is 0 Å². The van der Waals surface area contributed by atoms with Gasteiger partial charge in [-0.05, 0) is 48.2 Å². The summed E-state index contributed by atoms with van der Waals surface area (Å²) < 4.78 is 6.84. The average molecular weight is 515 g/mol. The smallest absolute Gasteiger partial charge is 0.159 e. The van der Waals surface area contributed by atoms with Crippen LogP contribution in [0.3, 0.4) is 0 Å². The SMILES string of the molecule is CCCCCCCCCCCCCCCCCC(Oc1ccc(O)cc1)(c1ccccc1)c1ccccc1. The van der Waals surface area contributed by atoms with Crippen LogP contribution in [0.1, 0.15) is 121 Å². The van der Waals surface area contributed by atoms with Crippen LogP contribution in [0.25, 0.3) is 0 Å². The average Bonchev–Trinajstić information content (AvgIpc) is 2.96. The van der Waals surface area contributed by atoms with E-state index < -0.39 is 5.60 Å². The molecule has 3 aromatic carbocycles. The third-order valence-electron chi connectivity index (χ3n) is 7.74. The number of ether oxygens (including phenoxy) is 1. The zero-order valence-corrected chi connectivity index (χ0v) is 23.8. The van der Waals surface area contributed by atoms with Crippen LogP contribution >= 0.6 is 0 Å². The number of phenolic OH excluding ortho intramolecular Hbond substituents is 1. The fourth-order valence-electron chi connectivity index (χ4n) is 5.50. The molecule has 206 valence electrons. The number of aromatic hydroxyl groups is 1. The molecule has 0 heterocycles. The Kier molecular flexibility index (Phi) is 13.9. The van der Waals surface area contributed by atoms with Gasteiger partial charge in [0.2, 0.25) is 0 Å². The molecule has 3 rings (SSSR count). The van der Waals surface area contributed by atoms with Crippen LogP contribution in [-0.2, 0) is 5.60 Å². The first kappa shape index (κ1) is 29.8. The minimum absolute atomic E-state index is 0.254. The molecule has 38 heavy (non-hydrogen) atoms. The molecule has 0 aliphatic rings. The Labute approximate surface area is 232 Å². The van der Waals surface area contributed by atoms with E-state index in [9.17, 15) is 5.11 Å². The quantitative estimate of drug-likeness (QED) is 0.152. The highest BCUT2D eigenvalue weighted by molar-refractivity contribution is 5.40. The van der Waals surface area contributed by atoms with Gasteiger partial charge in [0, 0.05) is 0 Å². The van der Waals surface area contributed by atoms with Gasteiger partial charge in [0.25, 0.3) is 0 Å². The maximum atomic E-state index is 9.79. The molecular weight excluding hydrogens is 464 g/mol. The summed E-state index contributed by atoms with van der Waals surface area (Å²) in [5.74, 6) is 1.03. The van der Waals surface area contributed by atoms with Crippen LogP contribution < -0.4 is 4.74 Å². The van der Waals surface area contributed by atoms with E-state index in [2.05, 4.69) is 67.6 Å². The molecular formula is C36H50O2. The summed E-state index contributed by atoms with van der Waals surface area (Å²) in [5.41, 5.74) is 1.78. The molecule has 0 amide bonds. The van der Waals surface area contributed by atoms with Gasteiger partial charge >= 0.3 is 0 Å². The molecule has 0 saturated heterocycles. The predicted molar refractivity (Wildman–Crippen MR) is 162 cm³/mol. The van der Waals surface area contributed by atoms with Crippen LogP contribution in [-0.4, -0.2) is 5.11 Å². The Balaban J connectivity index is 1.47. The summed E-state index contributed by atoms with van der Waals surface area (Å²) in [4.78, 5) is 0. The van der Waals surface area contributed by atoms with Gasteiger partial charge in [-0.3, -0.25) is 0 Å². The topological polar surface area (TPSA) is 29.5 Å². The van der Waals surface area contributed by atoms with Gasteiger partial charge in [0.15, 0.2) is 5.60 Å². The monoisotopic (exact) mass is 514 g/mol. The Morgan fingerprint density at radius 1 is 0.500 bits per heavy atom. The molecule has 0 spiro atoms. The van der Waals surface area contributed by atoms with E-state index in [4.69, 9.17) is 4.74 Å². The number of rotatable bonds is 20. The number of benzene rings is 3. The van der Waals surface area contributed by atoms with Crippen molar-refractivity contribution in [2.45, 2.75) is 115 Å². The van der Waals surface area contributed by atoms with Crippen molar-refractivity contribution in [3.63, 3.8) is 0 Å². The number of unbranched alkanes of at least 4 members (excludes halogenated alkanes) is 14. The zero-order valence-electron chi connectivity index (χ0n) is 23.8. The second-order valence-electron chi connectivity index (χ2n) is 10.9. The van der Waals surface area contributed by atoms with E-state index in [1.54, 1.807) is 12.1 Å². The summed E-state index contributed by atoms with van der Waals surface area (Å²) in [7, 11) is 0. The second kappa shape index (κ2) is 17.7. The molecule has 3 aromatic rings. The highest BCUT2D eigenvalue weighted by atomic mass is 16.5. The van der Waals surface area contributed by atoms with Gasteiger partial charge in [-0.15, -0.1) is 0 Å². The minimum atomic E-state index is -0.559. The molecule has 1 N–H and O–H groups in total. The Morgan fingerprint density at radius 2 is 0.895 bits per heavy atom. The standard InChI is InChI=1S/C36H50O2/c1-2-3-4-5-6-7-8-9-10-11-12-13-14-15-22-31-36(32-23-18-16-19-24-32,33-25-20-17-21-26-33)38-35-29-27-34(37)28-30-35/h16-21,23-30,37H,2-15,22,31H2,1H3. The van der Waals surface area contributed by atoms with Crippen molar-refractivity contribution < 1.29 is 9.84 Å². The molecule has 2 nitrogen and oxygen atoms in total. The summed E-state index contributed by atoms with van der Waals surface area (Å²) in [6, 6.07) is 28.4. The third kappa shape index (κ3) is 10.2. The maximum Gasteiger partial charge on any atom is 0.159 e. The Hall–Kier alpha value is -2.74. The van der Waals surface area contributed by atoms with Crippen LogP contribution in [0.5, 0.6) is 11.5 Å². The molecule has 0 bridgehead atoms. The van der Waals surface area contributed by atoms with E-state index in [1.807, 2.05) is 12.1 Å². The van der Waals surface area contributed by atoms with Crippen molar-refractivity contribution >= 4 is 0 Å². The second-order valence-corrected chi connectivity index (χ2v) is 10.9. The normalized spacial score (nSPS) is 11.5. The zero-order chi connectivity index (χ0) is 26.7. The maximum absolute atomic E-state index is 9.79. The molecule has 0 fully saturated rings. The first-order valence-corrected chi connectivity index (χ1v) is 15.3. The molecule has 0 aliphatic heterocycles. The van der Waals surface area contributed by atoms with Crippen LogP contribution in [0.15, 0.2) is 84.9 Å². The van der Waals surface area contributed by atoms with Crippen LogP contribution in [0, 0.1) is 0 Å². The van der Waals surface area contributed by atoms with Crippen molar-refractivity contribution in [3.8, 4) is 11.5 Å². The first-order chi connectivity index (χ1) is 18.7. The van der Waals surface area contributed by atoms with Crippen LogP contribution in [0.4, 0.5) is 0 Å². The van der Waals surface area contributed by atoms with Gasteiger partial charge in [0.05, 0.1) is 0 Å². The molecule has 0 unspecified atom stereocenters. The van der Waals surface area contributed by atoms with E-state index in [0.29, 0.717) is 0 Å². The number of hydrogen-bond donors (Lipinski definition) is 1. The Morgan fingerprint density at radius 3 is 1.32 bits per heavy atom. The van der Waals surface area contributed by atoms with Gasteiger partial charge < -0.3 is 9.84 Å². The summed E-state index contributed by atoms with van der Waals surface area (Å²) in [6.45, 7) is 2.29. The van der Waals surface area contributed by atoms with Gasteiger partial charge in [0.1, 0.15) is 11.5 Å². The molecule has 0 radical (unpaired) electrons. The summed E-state index contributed by atoms with van der Waals surface area (Å²) in [6.07, 6.45) is 21.3. The molecule has 2 heteroatoms. The number of hydrogen-bond acceptors (Lipinski definition) is 2. The minimum Gasteiger partial charge on any atom is -0.508 e. The third-order valence-corrected chi connectivity index (χ3v) is 7.74. The summed E-state index contributed by atoms with van der Waals surface area (Å²) >= 11 is 0. The number of phenols is 1. The first-order valence-electron chi connectivity index (χ1n) is 15.3. The van der Waals surface area contributed by atoms with Crippen molar-refractivity contribution in [1.82, 2.24) is 0 Å². The van der Waals surface area contributed by atoms with Crippen molar-refractivity contribution in [1.29, 1.82) is 0 Å². The lowest BCUT2D eigenvalue weighted by atomic mass is 9.81. The highest BCUT2D eigenvalue weighted by Gasteiger charge is 2.36. The molecule has 0 atom stereocenters. The predicted octanol–water partition coefficient (Wildman–Crippen LogP) is 11.0. The highest BCUT2D eigenvalue weighted by Crippen LogP contribution is 2.40. The largest absolute Gasteiger partial charge is 0.508 e. The lowest BCUT2D eigenvalue weighted by molar-refractivity contribution is 0.0965. The van der Waals surface area contributed by atoms with E-state index in [1.165, 1.54) is 101 Å². The van der Waals surface area contributed by atoms with Crippen molar-refractivity contribution in [2.24, 2.45) is 0 Å². The van der Waals surface area contributed by atoms with Crippen molar-refractivity contribution in [3.05, 3.63) is 96.1 Å². The molecule has 0 saturated carbocycles. The fraction of sp³-hybridized carbons (Fsp3) is 0.500. The summed E-state index contributed by atoms with van der Waals surface area (Å²) in [5, 5.41) is 9.79. The van der Waals surface area contributed by atoms with E-state index in [-0.39, 0.29) is 5.75 Å². The molecule has 0 aliphatic carbocycles. The lowest BCUT2D eigenvalue weighted by Crippen LogP contribution is -2.34.